The summed E-state index contributed by atoms with van der Waals surface area (Å²) in [5, 5.41) is 11.9. The molecule has 0 heterocycles. The van der Waals surface area contributed by atoms with Gasteiger partial charge in [0.2, 0.25) is 0 Å². The summed E-state index contributed by atoms with van der Waals surface area (Å²) in [7, 11) is 0. The topological polar surface area (TPSA) is 20.2 Å². The van der Waals surface area contributed by atoms with Crippen molar-refractivity contribution in [3.8, 4) is 0 Å². The Kier molecular flexibility index (Phi) is 8.22. The monoisotopic (exact) mass is 374 g/mol. The van der Waals surface area contributed by atoms with Crippen LogP contribution in [0.2, 0.25) is 0 Å². The molecule has 0 bridgehead atoms. The summed E-state index contributed by atoms with van der Waals surface area (Å²) in [5.74, 6) is 3.25. The fourth-order valence-electron chi connectivity index (χ4n) is 6.89. The molecule has 6 atom stereocenters. The summed E-state index contributed by atoms with van der Waals surface area (Å²) in [5.41, 5.74) is -0.230. The lowest BCUT2D eigenvalue weighted by Crippen LogP contribution is -2.55. The number of fused-ring (bicyclic) bond motifs is 1. The van der Waals surface area contributed by atoms with E-state index in [1.807, 2.05) is 12.2 Å². The molecule has 0 saturated heterocycles. The van der Waals surface area contributed by atoms with Gasteiger partial charge in [0.25, 0.3) is 0 Å². The Balaban J connectivity index is 2.12. The first kappa shape index (κ1) is 22.7. The first-order chi connectivity index (χ1) is 12.8. The molecular weight excluding hydrogens is 328 g/mol. The van der Waals surface area contributed by atoms with Gasteiger partial charge in [-0.2, -0.15) is 0 Å². The maximum Gasteiger partial charge on any atom is 0.0743 e. The van der Waals surface area contributed by atoms with Gasteiger partial charge in [-0.25, -0.2) is 0 Å². The van der Waals surface area contributed by atoms with Gasteiger partial charge >= 0.3 is 0 Å². The van der Waals surface area contributed by atoms with Crippen LogP contribution in [0.5, 0.6) is 0 Å². The van der Waals surface area contributed by atoms with Gasteiger partial charge in [-0.1, -0.05) is 59.1 Å². The van der Waals surface area contributed by atoms with Gasteiger partial charge in [0.15, 0.2) is 0 Å². The van der Waals surface area contributed by atoms with Crippen molar-refractivity contribution in [2.24, 2.45) is 35.0 Å². The van der Waals surface area contributed by atoms with E-state index in [-0.39, 0.29) is 0 Å². The molecule has 1 nitrogen and oxygen atoms in total. The van der Waals surface area contributed by atoms with E-state index in [0.29, 0.717) is 17.3 Å². The van der Waals surface area contributed by atoms with E-state index in [2.05, 4.69) is 40.9 Å². The van der Waals surface area contributed by atoms with Gasteiger partial charge in [-0.05, 0) is 86.4 Å². The van der Waals surface area contributed by atoms with Crippen molar-refractivity contribution in [1.29, 1.82) is 0 Å². The van der Waals surface area contributed by atoms with Gasteiger partial charge in [-0.3, -0.25) is 0 Å². The van der Waals surface area contributed by atoms with Crippen molar-refractivity contribution >= 4 is 0 Å². The largest absolute Gasteiger partial charge is 0.389 e. The minimum absolute atomic E-state index is 0.309. The van der Waals surface area contributed by atoms with E-state index in [4.69, 9.17) is 0 Å². The molecular formula is C26H46O. The molecule has 0 aromatic rings. The molecule has 0 spiro atoms. The van der Waals surface area contributed by atoms with Gasteiger partial charge in [-0.15, -0.1) is 13.2 Å². The molecule has 2 rings (SSSR count). The SMILES string of the molecule is C=CCCC[C@@H]1CC[C@]2(C)[C@@H]([C@H](C)CCCC(C)C)CC[C@H]2[C@]1(O)CC=C. The predicted octanol–water partition coefficient (Wildman–Crippen LogP) is 7.55. The van der Waals surface area contributed by atoms with Crippen LogP contribution in [0.25, 0.3) is 0 Å². The summed E-state index contributed by atoms with van der Waals surface area (Å²) in [6.45, 7) is 17.5. The molecule has 0 unspecified atom stereocenters. The van der Waals surface area contributed by atoms with Crippen LogP contribution < -0.4 is 0 Å². The Hall–Kier alpha value is -0.560. The molecule has 2 aliphatic carbocycles. The third-order valence-corrected chi connectivity index (χ3v) is 8.31. The second-order valence-electron chi connectivity index (χ2n) is 10.5. The average Bonchev–Trinajstić information content (AvgIpc) is 2.96. The second kappa shape index (κ2) is 9.77. The molecule has 1 N–H and O–H groups in total. The predicted molar refractivity (Wildman–Crippen MR) is 119 cm³/mol. The van der Waals surface area contributed by atoms with Gasteiger partial charge < -0.3 is 5.11 Å². The summed E-state index contributed by atoms with van der Waals surface area (Å²) in [6, 6.07) is 0. The van der Waals surface area contributed by atoms with Crippen molar-refractivity contribution in [3.63, 3.8) is 0 Å². The Morgan fingerprint density at radius 2 is 1.78 bits per heavy atom. The van der Waals surface area contributed by atoms with Crippen molar-refractivity contribution in [3.05, 3.63) is 25.3 Å². The molecule has 0 aromatic carbocycles. The fourth-order valence-corrected chi connectivity index (χ4v) is 6.89. The second-order valence-corrected chi connectivity index (χ2v) is 10.5. The molecule has 0 aromatic heterocycles. The molecule has 1 heteroatoms. The van der Waals surface area contributed by atoms with Crippen LogP contribution in [0, 0.1) is 35.0 Å². The third-order valence-electron chi connectivity index (χ3n) is 8.31. The maximum atomic E-state index is 11.9. The van der Waals surface area contributed by atoms with Crippen LogP contribution in [0.3, 0.4) is 0 Å². The van der Waals surface area contributed by atoms with Crippen LogP contribution >= 0.6 is 0 Å². The number of aliphatic hydroxyl groups is 1. The van der Waals surface area contributed by atoms with Crippen LogP contribution in [0.15, 0.2) is 25.3 Å². The Labute approximate surface area is 169 Å². The van der Waals surface area contributed by atoms with Crippen LogP contribution in [-0.4, -0.2) is 10.7 Å². The fraction of sp³-hybridized carbons (Fsp3) is 0.846. The summed E-state index contributed by atoms with van der Waals surface area (Å²) < 4.78 is 0. The zero-order chi connectivity index (χ0) is 20.1. The van der Waals surface area contributed by atoms with E-state index in [9.17, 15) is 5.11 Å². The van der Waals surface area contributed by atoms with Crippen molar-refractivity contribution in [2.75, 3.05) is 0 Å². The molecule has 27 heavy (non-hydrogen) atoms. The third kappa shape index (κ3) is 4.89. The highest BCUT2D eigenvalue weighted by molar-refractivity contribution is 5.11. The average molecular weight is 375 g/mol. The zero-order valence-corrected chi connectivity index (χ0v) is 18.7. The lowest BCUT2D eigenvalue weighted by molar-refractivity contribution is -0.147. The van der Waals surface area contributed by atoms with Gasteiger partial charge in [0.05, 0.1) is 5.60 Å². The lowest BCUT2D eigenvalue weighted by atomic mass is 9.53. The highest BCUT2D eigenvalue weighted by Gasteiger charge is 2.60. The molecule has 0 aliphatic heterocycles. The number of hydrogen-bond acceptors (Lipinski definition) is 1. The summed E-state index contributed by atoms with van der Waals surface area (Å²) >= 11 is 0. The normalized spacial score (nSPS) is 37.2. The minimum atomic E-state index is -0.539. The van der Waals surface area contributed by atoms with Crippen molar-refractivity contribution in [2.45, 2.75) is 104 Å². The number of hydrogen-bond donors (Lipinski definition) is 1. The van der Waals surface area contributed by atoms with Crippen LogP contribution in [0.1, 0.15) is 98.3 Å². The van der Waals surface area contributed by atoms with Crippen LogP contribution in [-0.2, 0) is 0 Å². The van der Waals surface area contributed by atoms with Crippen LogP contribution in [0.4, 0.5) is 0 Å². The van der Waals surface area contributed by atoms with Crippen molar-refractivity contribution < 1.29 is 5.11 Å². The van der Waals surface area contributed by atoms with Gasteiger partial charge in [0.1, 0.15) is 0 Å². The number of rotatable bonds is 11. The molecule has 2 aliphatic rings. The van der Waals surface area contributed by atoms with E-state index in [0.717, 1.165) is 43.4 Å². The Morgan fingerprint density at radius 3 is 2.41 bits per heavy atom. The molecule has 2 saturated carbocycles. The summed E-state index contributed by atoms with van der Waals surface area (Å²) in [6.07, 6.45) is 17.2. The quantitative estimate of drug-likeness (QED) is 0.292. The minimum Gasteiger partial charge on any atom is -0.389 e. The molecule has 156 valence electrons. The van der Waals surface area contributed by atoms with Gasteiger partial charge in [0, 0.05) is 0 Å². The summed E-state index contributed by atoms with van der Waals surface area (Å²) in [4.78, 5) is 0. The number of unbranched alkanes of at least 4 members (excludes halogenated alkanes) is 1. The highest BCUT2D eigenvalue weighted by Crippen LogP contribution is 2.63. The Morgan fingerprint density at radius 1 is 1.04 bits per heavy atom. The smallest absolute Gasteiger partial charge is 0.0743 e. The number of allylic oxidation sites excluding steroid dienone is 1. The van der Waals surface area contributed by atoms with E-state index < -0.39 is 5.60 Å². The standard InChI is InChI=1S/C26H46O/c1-7-9-10-14-22-17-19-25(6)23(21(5)13-11-12-20(3)4)15-16-24(25)26(22,27)18-8-2/h7-8,20-24,27H,1-2,9-19H2,3-6H3/t21-,22-,23-,24-,25-,26+/m1/s1. The first-order valence-corrected chi connectivity index (χ1v) is 11.7. The highest BCUT2D eigenvalue weighted by atomic mass is 16.3. The van der Waals surface area contributed by atoms with Crippen molar-refractivity contribution in [1.82, 2.24) is 0 Å². The molecule has 0 amide bonds. The Bertz CT molecular complexity index is 481. The zero-order valence-electron chi connectivity index (χ0n) is 18.7. The van der Waals surface area contributed by atoms with E-state index in [1.165, 1.54) is 44.9 Å². The maximum absolute atomic E-state index is 11.9. The van der Waals surface area contributed by atoms with E-state index in [1.54, 1.807) is 0 Å². The molecule has 2 fully saturated rings. The lowest BCUT2D eigenvalue weighted by Gasteiger charge is -2.54. The molecule has 0 radical (unpaired) electrons. The first-order valence-electron chi connectivity index (χ1n) is 11.7. The van der Waals surface area contributed by atoms with E-state index >= 15 is 0 Å².